The first-order chi connectivity index (χ1) is 15.2. The van der Waals surface area contributed by atoms with Crippen LogP contribution in [-0.4, -0.2) is 23.9 Å². The van der Waals surface area contributed by atoms with E-state index in [4.69, 9.17) is 9.15 Å². The van der Waals surface area contributed by atoms with Crippen LogP contribution in [0.5, 0.6) is 5.75 Å². The van der Waals surface area contributed by atoms with E-state index >= 15 is 0 Å². The third-order valence-electron chi connectivity index (χ3n) is 5.91. The molecule has 0 bridgehead atoms. The second-order valence-electron chi connectivity index (χ2n) is 8.07. The van der Waals surface area contributed by atoms with Crippen LogP contribution in [-0.2, 0) is 9.59 Å². The average Bonchev–Trinajstić information content (AvgIpc) is 3.30. The number of anilines is 1. The predicted molar refractivity (Wildman–Crippen MR) is 122 cm³/mol. The van der Waals surface area contributed by atoms with E-state index in [-0.39, 0.29) is 11.3 Å². The van der Waals surface area contributed by atoms with Crippen LogP contribution < -0.4 is 9.64 Å². The van der Waals surface area contributed by atoms with Crippen molar-refractivity contribution in [1.29, 1.82) is 0 Å². The number of hydrogen-bond donors (Lipinski definition) is 1. The maximum absolute atomic E-state index is 13.2. The third-order valence-corrected chi connectivity index (χ3v) is 5.91. The summed E-state index contributed by atoms with van der Waals surface area (Å²) in [6.07, 6.45) is 0. The van der Waals surface area contributed by atoms with E-state index in [2.05, 4.69) is 0 Å². The first-order valence-electron chi connectivity index (χ1n) is 10.3. The maximum Gasteiger partial charge on any atom is 0.300 e. The fraction of sp³-hybridized carbons (Fsp3) is 0.231. The molecule has 1 N–H and O–H groups in total. The van der Waals surface area contributed by atoms with Gasteiger partial charge in [-0.3, -0.25) is 14.5 Å². The number of amides is 1. The number of benzene rings is 2. The summed E-state index contributed by atoms with van der Waals surface area (Å²) in [6.45, 7) is 7.56. The lowest BCUT2D eigenvalue weighted by Crippen LogP contribution is -2.29. The van der Waals surface area contributed by atoms with Gasteiger partial charge in [0.1, 0.15) is 29.1 Å². The molecule has 1 aromatic heterocycles. The molecule has 6 nitrogen and oxygen atoms in total. The Hall–Kier alpha value is -3.80. The minimum atomic E-state index is -0.881. The summed E-state index contributed by atoms with van der Waals surface area (Å²) in [7, 11) is 1.57. The van der Waals surface area contributed by atoms with E-state index in [0.29, 0.717) is 28.5 Å². The molecule has 2 heterocycles. The molecule has 0 aliphatic carbocycles. The third kappa shape index (κ3) is 3.47. The van der Waals surface area contributed by atoms with Gasteiger partial charge in [0.2, 0.25) is 0 Å². The Morgan fingerprint density at radius 2 is 1.69 bits per heavy atom. The summed E-state index contributed by atoms with van der Waals surface area (Å²) in [4.78, 5) is 27.8. The molecule has 0 saturated carbocycles. The van der Waals surface area contributed by atoms with E-state index in [1.165, 1.54) is 4.90 Å². The second-order valence-corrected chi connectivity index (χ2v) is 8.07. The van der Waals surface area contributed by atoms with Gasteiger partial charge in [-0.2, -0.15) is 0 Å². The number of nitrogens with zero attached hydrogens (tertiary/aromatic N) is 1. The maximum atomic E-state index is 13.2. The molecule has 6 heteroatoms. The van der Waals surface area contributed by atoms with E-state index in [9.17, 15) is 14.7 Å². The van der Waals surface area contributed by atoms with Crippen molar-refractivity contribution in [2.75, 3.05) is 12.0 Å². The summed E-state index contributed by atoms with van der Waals surface area (Å²) in [5, 5.41) is 11.2. The van der Waals surface area contributed by atoms with Crippen LogP contribution in [0.25, 0.3) is 5.76 Å². The zero-order chi connectivity index (χ0) is 23.2. The number of aliphatic hydroxyl groups excluding tert-OH is 1. The van der Waals surface area contributed by atoms with E-state index in [1.807, 2.05) is 32.9 Å². The highest BCUT2D eigenvalue weighted by atomic mass is 16.5. The zero-order valence-electron chi connectivity index (χ0n) is 18.7. The van der Waals surface area contributed by atoms with Gasteiger partial charge in [-0.15, -0.1) is 0 Å². The molecule has 1 unspecified atom stereocenters. The van der Waals surface area contributed by atoms with Crippen LogP contribution in [0.4, 0.5) is 5.69 Å². The van der Waals surface area contributed by atoms with Gasteiger partial charge in [0, 0.05) is 11.3 Å². The van der Waals surface area contributed by atoms with Crippen molar-refractivity contribution in [3.63, 3.8) is 0 Å². The standard InChI is InChI=1S/C26H25NO5/c1-14-6-9-19(13-15(14)2)27-23(21-10-7-17(4)32-21)22(25(29)26(27)30)24(28)18-8-11-20(31-5)16(3)12-18/h6-13,23,28H,1-5H3/b24-22-. The van der Waals surface area contributed by atoms with Gasteiger partial charge in [0.05, 0.1) is 12.7 Å². The minimum absolute atomic E-state index is 0.00727. The largest absolute Gasteiger partial charge is 0.507 e. The Balaban J connectivity index is 1.93. The van der Waals surface area contributed by atoms with Gasteiger partial charge in [-0.05, 0) is 86.8 Å². The van der Waals surface area contributed by atoms with Crippen LogP contribution in [0.3, 0.4) is 0 Å². The van der Waals surface area contributed by atoms with Gasteiger partial charge in [-0.1, -0.05) is 6.07 Å². The molecule has 1 aliphatic heterocycles. The fourth-order valence-electron chi connectivity index (χ4n) is 4.03. The first-order valence-corrected chi connectivity index (χ1v) is 10.3. The van der Waals surface area contributed by atoms with Crippen molar-refractivity contribution in [3.05, 3.63) is 87.9 Å². The van der Waals surface area contributed by atoms with Gasteiger partial charge in [-0.25, -0.2) is 0 Å². The summed E-state index contributed by atoms with van der Waals surface area (Å²) >= 11 is 0. The smallest absolute Gasteiger partial charge is 0.300 e. The van der Waals surface area contributed by atoms with Gasteiger partial charge in [0.25, 0.3) is 11.7 Å². The molecular formula is C26H25NO5. The van der Waals surface area contributed by atoms with Crippen molar-refractivity contribution in [2.45, 2.75) is 33.7 Å². The molecule has 164 valence electrons. The van der Waals surface area contributed by atoms with Crippen molar-refractivity contribution < 1.29 is 23.8 Å². The van der Waals surface area contributed by atoms with Crippen molar-refractivity contribution in [2.24, 2.45) is 0 Å². The number of aryl methyl sites for hydroxylation is 4. The topological polar surface area (TPSA) is 80.0 Å². The number of hydrogen-bond acceptors (Lipinski definition) is 5. The number of aliphatic hydroxyl groups is 1. The number of ketones is 1. The normalized spacial score (nSPS) is 17.8. The van der Waals surface area contributed by atoms with Crippen molar-refractivity contribution in [3.8, 4) is 5.75 Å². The summed E-state index contributed by atoms with van der Waals surface area (Å²) < 4.78 is 11.1. The molecule has 1 aliphatic rings. The lowest BCUT2D eigenvalue weighted by atomic mass is 9.98. The molecule has 4 rings (SSSR count). The molecule has 1 amide bonds. The number of furan rings is 1. The molecule has 0 radical (unpaired) electrons. The minimum Gasteiger partial charge on any atom is -0.507 e. The average molecular weight is 431 g/mol. The van der Waals surface area contributed by atoms with Crippen LogP contribution in [0.1, 0.15) is 39.8 Å². The van der Waals surface area contributed by atoms with Crippen molar-refractivity contribution in [1.82, 2.24) is 0 Å². The number of carbonyl (C=O) groups excluding carboxylic acids is 2. The molecule has 1 atom stereocenters. The van der Waals surface area contributed by atoms with E-state index in [1.54, 1.807) is 50.4 Å². The highest BCUT2D eigenvalue weighted by Crippen LogP contribution is 2.43. The zero-order valence-corrected chi connectivity index (χ0v) is 18.7. The fourth-order valence-corrected chi connectivity index (χ4v) is 4.03. The van der Waals surface area contributed by atoms with Gasteiger partial charge in [0.15, 0.2) is 0 Å². The highest BCUT2D eigenvalue weighted by Gasteiger charge is 2.48. The molecule has 1 fully saturated rings. The Bertz CT molecular complexity index is 1270. The Labute approximate surface area is 186 Å². The number of methoxy groups -OCH3 is 1. The molecular weight excluding hydrogens is 406 g/mol. The van der Waals surface area contributed by atoms with Gasteiger partial charge < -0.3 is 14.3 Å². The molecule has 2 aromatic carbocycles. The second kappa shape index (κ2) is 8.04. The quantitative estimate of drug-likeness (QED) is 0.351. The molecule has 1 saturated heterocycles. The first kappa shape index (κ1) is 21.4. The van der Waals surface area contributed by atoms with Crippen LogP contribution in [0.15, 0.2) is 58.5 Å². The van der Waals surface area contributed by atoms with Crippen molar-refractivity contribution >= 4 is 23.1 Å². The summed E-state index contributed by atoms with van der Waals surface area (Å²) in [5.74, 6) is -0.000138. The van der Waals surface area contributed by atoms with Crippen LogP contribution in [0.2, 0.25) is 0 Å². The lowest BCUT2D eigenvalue weighted by Gasteiger charge is -2.24. The molecule has 0 spiro atoms. The number of ether oxygens (including phenoxy) is 1. The Morgan fingerprint density at radius 3 is 2.28 bits per heavy atom. The number of rotatable bonds is 4. The Morgan fingerprint density at radius 1 is 0.938 bits per heavy atom. The number of carbonyl (C=O) groups is 2. The van der Waals surface area contributed by atoms with E-state index in [0.717, 1.165) is 16.7 Å². The highest BCUT2D eigenvalue weighted by molar-refractivity contribution is 6.51. The van der Waals surface area contributed by atoms with E-state index < -0.39 is 17.7 Å². The summed E-state index contributed by atoms with van der Waals surface area (Å²) in [5.41, 5.74) is 3.85. The molecule has 3 aromatic rings. The monoisotopic (exact) mass is 431 g/mol. The molecule has 32 heavy (non-hydrogen) atoms. The summed E-state index contributed by atoms with van der Waals surface area (Å²) in [6, 6.07) is 13.3. The number of Topliss-reactive ketones (excluding diaryl/α,β-unsaturated/α-hetero) is 1. The lowest BCUT2D eigenvalue weighted by molar-refractivity contribution is -0.132. The van der Waals surface area contributed by atoms with Crippen LogP contribution >= 0.6 is 0 Å². The van der Waals surface area contributed by atoms with Crippen LogP contribution in [0, 0.1) is 27.7 Å². The SMILES string of the molecule is COc1ccc(/C(O)=C2/C(=O)C(=O)N(c3ccc(C)c(C)c3)C2c2ccc(C)o2)cc1C. The Kier molecular flexibility index (Phi) is 5.38. The predicted octanol–water partition coefficient (Wildman–Crippen LogP) is 5.15. The van der Waals surface area contributed by atoms with Gasteiger partial charge >= 0.3 is 0 Å².